The lowest BCUT2D eigenvalue weighted by Gasteiger charge is -2.54. The number of benzene rings is 1. The van der Waals surface area contributed by atoms with Gasteiger partial charge in [-0.2, -0.15) is 0 Å². The van der Waals surface area contributed by atoms with Gasteiger partial charge >= 0.3 is 0 Å². The molecule has 0 saturated heterocycles. The van der Waals surface area contributed by atoms with Gasteiger partial charge in [0, 0.05) is 12.1 Å². The molecule has 1 aromatic carbocycles. The van der Waals surface area contributed by atoms with E-state index in [1.807, 2.05) is 0 Å². The third-order valence-electron chi connectivity index (χ3n) is 5.82. The zero-order valence-corrected chi connectivity index (χ0v) is 14.4. The van der Waals surface area contributed by atoms with Gasteiger partial charge in [0.2, 0.25) is 0 Å². The van der Waals surface area contributed by atoms with Crippen molar-refractivity contribution in [2.75, 3.05) is 6.61 Å². The molecule has 1 amide bonds. The normalized spacial score (nSPS) is 34.4. The van der Waals surface area contributed by atoms with Gasteiger partial charge in [0.05, 0.1) is 10.0 Å². The topological polar surface area (TPSA) is 38.3 Å². The predicted molar refractivity (Wildman–Crippen MR) is 90.9 cm³/mol. The fraction of sp³-hybridized carbons (Fsp3) is 0.611. The molecule has 23 heavy (non-hydrogen) atoms. The maximum absolute atomic E-state index is 12.3. The lowest BCUT2D eigenvalue weighted by atomic mass is 9.54. The summed E-state index contributed by atoms with van der Waals surface area (Å²) in [7, 11) is 0. The molecule has 0 radical (unpaired) electrons. The molecular weight excluding hydrogens is 333 g/mol. The molecule has 4 aliphatic rings. The molecule has 124 valence electrons. The summed E-state index contributed by atoms with van der Waals surface area (Å²) in [5.74, 6) is 3.73. The summed E-state index contributed by atoms with van der Waals surface area (Å²) in [6.45, 7) is 0.0285. The van der Waals surface area contributed by atoms with Gasteiger partial charge in [0.15, 0.2) is 6.61 Å². The van der Waals surface area contributed by atoms with Crippen molar-refractivity contribution in [3.05, 3.63) is 28.2 Å². The molecule has 5 heteroatoms. The van der Waals surface area contributed by atoms with E-state index in [4.69, 9.17) is 27.9 Å². The van der Waals surface area contributed by atoms with E-state index >= 15 is 0 Å². The Morgan fingerprint density at radius 2 is 1.70 bits per heavy atom. The minimum Gasteiger partial charge on any atom is -0.484 e. The van der Waals surface area contributed by atoms with Gasteiger partial charge in [0.25, 0.3) is 5.91 Å². The molecule has 0 aromatic heterocycles. The van der Waals surface area contributed by atoms with Crippen molar-refractivity contribution in [3.63, 3.8) is 0 Å². The van der Waals surface area contributed by atoms with Crippen molar-refractivity contribution in [3.8, 4) is 5.75 Å². The highest BCUT2D eigenvalue weighted by Gasteiger charge is 2.48. The summed E-state index contributed by atoms with van der Waals surface area (Å²) in [5, 5.41) is 4.15. The van der Waals surface area contributed by atoms with Gasteiger partial charge in [-0.05, 0) is 67.9 Å². The van der Waals surface area contributed by atoms with Crippen LogP contribution in [0.2, 0.25) is 10.0 Å². The first-order valence-corrected chi connectivity index (χ1v) is 9.21. The van der Waals surface area contributed by atoms with Crippen LogP contribution in [0.15, 0.2) is 18.2 Å². The van der Waals surface area contributed by atoms with E-state index in [1.54, 1.807) is 18.2 Å². The summed E-state index contributed by atoms with van der Waals surface area (Å²) in [5.41, 5.74) is 0. The highest BCUT2D eigenvalue weighted by atomic mass is 35.5. The minimum absolute atomic E-state index is 0.0285. The van der Waals surface area contributed by atoms with Crippen LogP contribution in [0.1, 0.15) is 32.1 Å². The lowest BCUT2D eigenvalue weighted by Crippen LogP contribution is -2.56. The van der Waals surface area contributed by atoms with Crippen LogP contribution < -0.4 is 10.1 Å². The number of amides is 1. The van der Waals surface area contributed by atoms with Crippen LogP contribution in [-0.4, -0.2) is 18.6 Å². The van der Waals surface area contributed by atoms with Crippen LogP contribution in [-0.2, 0) is 4.79 Å². The van der Waals surface area contributed by atoms with E-state index in [0.717, 1.165) is 11.8 Å². The van der Waals surface area contributed by atoms with Crippen molar-refractivity contribution < 1.29 is 9.53 Å². The van der Waals surface area contributed by atoms with E-state index in [9.17, 15) is 4.79 Å². The Kier molecular flexibility index (Phi) is 4.19. The third-order valence-corrected chi connectivity index (χ3v) is 6.55. The Bertz CT molecular complexity index is 591. The molecule has 0 aliphatic heterocycles. The monoisotopic (exact) mass is 353 g/mol. The molecule has 0 atom stereocenters. The van der Waals surface area contributed by atoms with Gasteiger partial charge < -0.3 is 10.1 Å². The van der Waals surface area contributed by atoms with Crippen LogP contribution in [0.3, 0.4) is 0 Å². The van der Waals surface area contributed by atoms with E-state index in [-0.39, 0.29) is 12.5 Å². The highest BCUT2D eigenvalue weighted by Crippen LogP contribution is 2.53. The number of nitrogens with one attached hydrogen (secondary N) is 1. The van der Waals surface area contributed by atoms with Crippen LogP contribution in [0.25, 0.3) is 0 Å². The van der Waals surface area contributed by atoms with E-state index < -0.39 is 0 Å². The number of carbonyl (C=O) groups excluding carboxylic acids is 1. The Hall–Kier alpha value is -0.930. The van der Waals surface area contributed by atoms with Crippen LogP contribution >= 0.6 is 23.2 Å². The average Bonchev–Trinajstić information content (AvgIpc) is 2.51. The highest BCUT2D eigenvalue weighted by molar-refractivity contribution is 6.42. The summed E-state index contributed by atoms with van der Waals surface area (Å²) in [6, 6.07) is 5.40. The summed E-state index contributed by atoms with van der Waals surface area (Å²) < 4.78 is 5.54. The Morgan fingerprint density at radius 3 is 2.30 bits per heavy atom. The van der Waals surface area contributed by atoms with Gasteiger partial charge in [-0.25, -0.2) is 0 Å². The second-order valence-electron chi connectivity index (χ2n) is 7.39. The van der Waals surface area contributed by atoms with Crippen LogP contribution in [0.4, 0.5) is 0 Å². The zero-order chi connectivity index (χ0) is 16.0. The molecule has 1 N–H and O–H groups in total. The van der Waals surface area contributed by atoms with Crippen molar-refractivity contribution in [1.29, 1.82) is 0 Å². The van der Waals surface area contributed by atoms with E-state index in [0.29, 0.717) is 33.7 Å². The number of ether oxygens (including phenoxy) is 1. The average molecular weight is 354 g/mol. The van der Waals surface area contributed by atoms with Gasteiger partial charge in [-0.15, -0.1) is 0 Å². The van der Waals surface area contributed by atoms with Gasteiger partial charge in [-0.3, -0.25) is 4.79 Å². The molecule has 4 aliphatic carbocycles. The summed E-state index contributed by atoms with van der Waals surface area (Å²) in [4.78, 5) is 12.3. The maximum Gasteiger partial charge on any atom is 0.258 e. The van der Waals surface area contributed by atoms with Crippen molar-refractivity contribution in [2.45, 2.75) is 38.1 Å². The van der Waals surface area contributed by atoms with Crippen LogP contribution in [0.5, 0.6) is 5.75 Å². The summed E-state index contributed by atoms with van der Waals surface area (Å²) >= 11 is 11.8. The largest absolute Gasteiger partial charge is 0.484 e. The number of hydrogen-bond acceptors (Lipinski definition) is 2. The maximum atomic E-state index is 12.3. The molecular formula is C18H21Cl2NO2. The molecule has 0 spiro atoms. The molecule has 0 heterocycles. The lowest BCUT2D eigenvalue weighted by molar-refractivity contribution is -0.127. The first-order chi connectivity index (χ1) is 11.1. The SMILES string of the molecule is O=C(COc1ccc(Cl)c(Cl)c1)NC1C2CC3CC(C2)CC1C3. The molecule has 3 nitrogen and oxygen atoms in total. The predicted octanol–water partition coefficient (Wildman–Crippen LogP) is 4.31. The number of carbonyl (C=O) groups is 1. The molecule has 0 unspecified atom stereocenters. The number of hydrogen-bond donors (Lipinski definition) is 1. The molecule has 5 rings (SSSR count). The first kappa shape index (κ1) is 15.6. The van der Waals surface area contributed by atoms with Crippen molar-refractivity contribution in [1.82, 2.24) is 5.32 Å². The second-order valence-corrected chi connectivity index (χ2v) is 8.20. The number of halogens is 2. The van der Waals surface area contributed by atoms with Crippen molar-refractivity contribution in [2.24, 2.45) is 23.7 Å². The Labute approximate surface area is 146 Å². The van der Waals surface area contributed by atoms with E-state index in [2.05, 4.69) is 5.32 Å². The van der Waals surface area contributed by atoms with Gasteiger partial charge in [-0.1, -0.05) is 23.2 Å². The van der Waals surface area contributed by atoms with Crippen LogP contribution in [0, 0.1) is 23.7 Å². The first-order valence-electron chi connectivity index (χ1n) is 8.45. The second kappa shape index (κ2) is 6.18. The fourth-order valence-corrected chi connectivity index (χ4v) is 5.39. The minimum atomic E-state index is -0.0338. The fourth-order valence-electron chi connectivity index (χ4n) is 5.10. The number of rotatable bonds is 4. The smallest absolute Gasteiger partial charge is 0.258 e. The molecule has 4 fully saturated rings. The standard InChI is InChI=1S/C18H21Cl2NO2/c19-15-2-1-14(8-16(15)20)23-9-17(22)21-18-12-4-10-3-11(6-12)7-13(18)5-10/h1-2,8,10-13,18H,3-7,9H2,(H,21,22). The Morgan fingerprint density at radius 1 is 1.04 bits per heavy atom. The quantitative estimate of drug-likeness (QED) is 0.875. The van der Waals surface area contributed by atoms with Crippen molar-refractivity contribution >= 4 is 29.1 Å². The van der Waals surface area contributed by atoms with E-state index in [1.165, 1.54) is 32.1 Å². The summed E-state index contributed by atoms with van der Waals surface area (Å²) in [6.07, 6.45) is 6.61. The molecule has 4 saturated carbocycles. The third kappa shape index (κ3) is 3.18. The van der Waals surface area contributed by atoms with Gasteiger partial charge in [0.1, 0.15) is 5.75 Å². The zero-order valence-electron chi connectivity index (χ0n) is 12.9. The Balaban J connectivity index is 1.32. The molecule has 1 aromatic rings. The molecule has 4 bridgehead atoms.